The number of aliphatic hydroxyl groups is 1. The summed E-state index contributed by atoms with van der Waals surface area (Å²) in [6.45, 7) is 0.527. The zero-order valence-electron chi connectivity index (χ0n) is 13.3. The number of anilines is 1. The van der Waals surface area contributed by atoms with E-state index in [0.29, 0.717) is 12.5 Å². The number of nitrogens with one attached hydrogen (secondary N) is 1. The number of ether oxygens (including phenoxy) is 1. The lowest BCUT2D eigenvalue weighted by Crippen LogP contribution is -2.24. The molecule has 0 aliphatic heterocycles. The van der Waals surface area contributed by atoms with Gasteiger partial charge in [0.15, 0.2) is 11.6 Å². The van der Waals surface area contributed by atoms with Crippen molar-refractivity contribution in [2.75, 3.05) is 19.0 Å². The van der Waals surface area contributed by atoms with Crippen molar-refractivity contribution >= 4 is 11.4 Å². The first-order valence-corrected chi connectivity index (χ1v) is 7.96. The third-order valence-electron chi connectivity index (χ3n) is 4.40. The van der Waals surface area contributed by atoms with Crippen LogP contribution in [0.1, 0.15) is 38.5 Å². The molecular weight excluding hydrogens is 303 g/mol. The summed E-state index contributed by atoms with van der Waals surface area (Å²) >= 11 is 0. The predicted molar refractivity (Wildman–Crippen MR) is 85.3 cm³/mol. The summed E-state index contributed by atoms with van der Waals surface area (Å²) in [4.78, 5) is 10.4. The van der Waals surface area contributed by atoms with Gasteiger partial charge in [0.05, 0.1) is 24.2 Å². The van der Waals surface area contributed by atoms with Crippen LogP contribution in [0.5, 0.6) is 5.75 Å². The molecule has 0 aromatic heterocycles. The molecular formula is C16H23FN2O4. The maximum atomic E-state index is 13.6. The molecule has 1 aromatic carbocycles. The second-order valence-corrected chi connectivity index (χ2v) is 5.94. The molecule has 0 spiro atoms. The SMILES string of the molecule is COc1cc(NCCCC2CCCCC2O)c([N+](=O)[O-])cc1F. The molecule has 128 valence electrons. The molecule has 23 heavy (non-hydrogen) atoms. The first-order chi connectivity index (χ1) is 11.0. The quantitative estimate of drug-likeness (QED) is 0.455. The van der Waals surface area contributed by atoms with Crippen molar-refractivity contribution in [3.8, 4) is 5.75 Å². The molecule has 0 heterocycles. The third kappa shape index (κ3) is 4.54. The van der Waals surface area contributed by atoms with Gasteiger partial charge in [0.1, 0.15) is 5.69 Å². The van der Waals surface area contributed by atoms with Gasteiger partial charge < -0.3 is 15.2 Å². The molecule has 2 N–H and O–H groups in total. The van der Waals surface area contributed by atoms with Crippen LogP contribution in [0, 0.1) is 21.8 Å². The summed E-state index contributed by atoms with van der Waals surface area (Å²) in [6, 6.07) is 2.18. The molecule has 0 saturated heterocycles. The van der Waals surface area contributed by atoms with Gasteiger partial charge in [-0.2, -0.15) is 0 Å². The van der Waals surface area contributed by atoms with E-state index in [9.17, 15) is 19.6 Å². The number of methoxy groups -OCH3 is 1. The first-order valence-electron chi connectivity index (χ1n) is 7.96. The Hall–Kier alpha value is -1.89. The van der Waals surface area contributed by atoms with Gasteiger partial charge in [-0.25, -0.2) is 4.39 Å². The van der Waals surface area contributed by atoms with Crippen molar-refractivity contribution in [1.29, 1.82) is 0 Å². The monoisotopic (exact) mass is 326 g/mol. The second kappa shape index (κ2) is 8.10. The molecule has 7 heteroatoms. The lowest BCUT2D eigenvalue weighted by molar-refractivity contribution is -0.384. The number of nitro benzene ring substituents is 1. The molecule has 1 aliphatic carbocycles. The molecule has 6 nitrogen and oxygen atoms in total. The summed E-state index contributed by atoms with van der Waals surface area (Å²) in [5, 5.41) is 23.9. The van der Waals surface area contributed by atoms with Crippen molar-refractivity contribution < 1.29 is 19.2 Å². The van der Waals surface area contributed by atoms with Crippen LogP contribution >= 0.6 is 0 Å². The fraction of sp³-hybridized carbons (Fsp3) is 0.625. The maximum absolute atomic E-state index is 13.6. The lowest BCUT2D eigenvalue weighted by atomic mass is 9.83. The highest BCUT2D eigenvalue weighted by Gasteiger charge is 2.23. The van der Waals surface area contributed by atoms with E-state index in [1.54, 1.807) is 0 Å². The lowest BCUT2D eigenvalue weighted by Gasteiger charge is -2.27. The highest BCUT2D eigenvalue weighted by atomic mass is 19.1. The van der Waals surface area contributed by atoms with Crippen molar-refractivity contribution in [2.45, 2.75) is 44.6 Å². The largest absolute Gasteiger partial charge is 0.494 e. The van der Waals surface area contributed by atoms with E-state index in [-0.39, 0.29) is 23.2 Å². The zero-order chi connectivity index (χ0) is 16.8. The molecule has 2 atom stereocenters. The van der Waals surface area contributed by atoms with Crippen LogP contribution in [-0.4, -0.2) is 29.8 Å². The number of hydrogen-bond donors (Lipinski definition) is 2. The molecule has 0 radical (unpaired) electrons. The third-order valence-corrected chi connectivity index (χ3v) is 4.40. The van der Waals surface area contributed by atoms with Crippen LogP contribution in [0.15, 0.2) is 12.1 Å². The Morgan fingerprint density at radius 1 is 1.43 bits per heavy atom. The number of benzene rings is 1. The molecule has 1 aliphatic rings. The molecule has 0 amide bonds. The Balaban J connectivity index is 1.92. The minimum atomic E-state index is -0.755. The standard InChI is InChI=1S/C16H23FN2O4/c1-23-16-10-13(14(19(21)22)9-12(16)17)18-8-4-6-11-5-2-3-7-15(11)20/h9-11,15,18,20H,2-8H2,1H3. The number of aliphatic hydroxyl groups excluding tert-OH is 1. The summed E-state index contributed by atoms with van der Waals surface area (Å²) in [7, 11) is 1.32. The fourth-order valence-electron chi connectivity index (χ4n) is 3.10. The molecule has 2 unspecified atom stereocenters. The van der Waals surface area contributed by atoms with Crippen LogP contribution in [0.2, 0.25) is 0 Å². The van der Waals surface area contributed by atoms with E-state index in [1.807, 2.05) is 0 Å². The number of hydrogen-bond acceptors (Lipinski definition) is 5. The molecule has 1 aromatic rings. The van der Waals surface area contributed by atoms with Crippen molar-refractivity contribution in [3.63, 3.8) is 0 Å². The van der Waals surface area contributed by atoms with E-state index >= 15 is 0 Å². The van der Waals surface area contributed by atoms with Crippen LogP contribution in [0.4, 0.5) is 15.8 Å². The molecule has 1 saturated carbocycles. The van der Waals surface area contributed by atoms with Gasteiger partial charge in [0.25, 0.3) is 5.69 Å². The second-order valence-electron chi connectivity index (χ2n) is 5.94. The Labute approximate surface area is 134 Å². The average Bonchev–Trinajstić information content (AvgIpc) is 2.53. The molecule has 0 bridgehead atoms. The number of rotatable bonds is 7. The number of nitrogens with zero attached hydrogens (tertiary/aromatic N) is 1. The van der Waals surface area contributed by atoms with Gasteiger partial charge in [-0.3, -0.25) is 10.1 Å². The van der Waals surface area contributed by atoms with E-state index in [2.05, 4.69) is 5.32 Å². The van der Waals surface area contributed by atoms with E-state index in [4.69, 9.17) is 4.74 Å². The highest BCUT2D eigenvalue weighted by Crippen LogP contribution is 2.32. The summed E-state index contributed by atoms with van der Waals surface area (Å²) in [6.07, 6.45) is 5.56. The summed E-state index contributed by atoms with van der Waals surface area (Å²) < 4.78 is 18.4. The highest BCUT2D eigenvalue weighted by molar-refractivity contribution is 5.64. The van der Waals surface area contributed by atoms with Gasteiger partial charge >= 0.3 is 0 Å². The van der Waals surface area contributed by atoms with Gasteiger partial charge in [0, 0.05) is 12.6 Å². The van der Waals surface area contributed by atoms with Crippen molar-refractivity contribution in [3.05, 3.63) is 28.1 Å². The van der Waals surface area contributed by atoms with Gasteiger partial charge in [-0.05, 0) is 31.6 Å². The van der Waals surface area contributed by atoms with Crippen LogP contribution < -0.4 is 10.1 Å². The minimum absolute atomic E-state index is 0.0270. The Morgan fingerprint density at radius 2 is 2.17 bits per heavy atom. The predicted octanol–water partition coefficient (Wildman–Crippen LogP) is 3.49. The fourth-order valence-corrected chi connectivity index (χ4v) is 3.10. The van der Waals surface area contributed by atoms with Gasteiger partial charge in [-0.15, -0.1) is 0 Å². The van der Waals surface area contributed by atoms with Crippen LogP contribution in [0.3, 0.4) is 0 Å². The Kier molecular flexibility index (Phi) is 6.15. The van der Waals surface area contributed by atoms with Crippen LogP contribution in [-0.2, 0) is 0 Å². The van der Waals surface area contributed by atoms with E-state index in [1.165, 1.54) is 13.2 Å². The Bertz CT molecular complexity index is 553. The van der Waals surface area contributed by atoms with Crippen LogP contribution in [0.25, 0.3) is 0 Å². The summed E-state index contributed by atoms with van der Waals surface area (Å²) in [5.41, 5.74) is -0.0570. The van der Waals surface area contributed by atoms with Gasteiger partial charge in [0.2, 0.25) is 0 Å². The van der Waals surface area contributed by atoms with Gasteiger partial charge in [-0.1, -0.05) is 12.8 Å². The van der Waals surface area contributed by atoms with Crippen molar-refractivity contribution in [1.82, 2.24) is 0 Å². The number of halogens is 1. The minimum Gasteiger partial charge on any atom is -0.494 e. The zero-order valence-corrected chi connectivity index (χ0v) is 13.3. The molecule has 1 fully saturated rings. The molecule has 2 rings (SSSR count). The normalized spacial score (nSPS) is 21.0. The number of nitro groups is 1. The first kappa shape index (κ1) is 17.5. The van der Waals surface area contributed by atoms with Crippen molar-refractivity contribution in [2.24, 2.45) is 5.92 Å². The van der Waals surface area contributed by atoms with E-state index in [0.717, 1.165) is 44.6 Å². The summed E-state index contributed by atoms with van der Waals surface area (Å²) in [5.74, 6) is -0.473. The Morgan fingerprint density at radius 3 is 2.83 bits per heavy atom. The van der Waals surface area contributed by atoms with E-state index < -0.39 is 10.7 Å². The topological polar surface area (TPSA) is 84.6 Å². The maximum Gasteiger partial charge on any atom is 0.295 e. The smallest absolute Gasteiger partial charge is 0.295 e. The average molecular weight is 326 g/mol.